The van der Waals surface area contributed by atoms with Crippen molar-refractivity contribution in [3.8, 4) is 0 Å². The highest BCUT2D eigenvalue weighted by molar-refractivity contribution is 5.13. The van der Waals surface area contributed by atoms with Gasteiger partial charge in [-0.05, 0) is 37.0 Å². The first-order valence-corrected chi connectivity index (χ1v) is 6.41. The maximum Gasteiger partial charge on any atom is 0.0190 e. The maximum atomic E-state index is 5.88. The fourth-order valence-corrected chi connectivity index (χ4v) is 3.04. The van der Waals surface area contributed by atoms with Crippen LogP contribution in [0.4, 0.5) is 0 Å². The van der Waals surface area contributed by atoms with Crippen LogP contribution in [0.25, 0.3) is 0 Å². The minimum Gasteiger partial charge on any atom is -0.269 e. The highest BCUT2D eigenvalue weighted by Gasteiger charge is 2.45. The molecule has 0 aliphatic rings. The van der Waals surface area contributed by atoms with Gasteiger partial charge in [-0.25, -0.2) is 5.01 Å². The number of hydrogen-bond acceptors (Lipinski definition) is 2. The molecule has 0 radical (unpaired) electrons. The van der Waals surface area contributed by atoms with Crippen molar-refractivity contribution in [3.63, 3.8) is 0 Å². The number of nitrogens with zero attached hydrogens (tertiary/aromatic N) is 1. The van der Waals surface area contributed by atoms with E-state index in [-0.39, 0.29) is 10.8 Å². The highest BCUT2D eigenvalue weighted by atomic mass is 15.4. The lowest BCUT2D eigenvalue weighted by Gasteiger charge is -2.50. The van der Waals surface area contributed by atoms with Crippen molar-refractivity contribution in [2.75, 3.05) is 13.6 Å². The van der Waals surface area contributed by atoms with Gasteiger partial charge >= 0.3 is 0 Å². The molecule has 0 aromatic carbocycles. The van der Waals surface area contributed by atoms with Gasteiger partial charge < -0.3 is 0 Å². The molecular weight excluding hydrogens is 196 g/mol. The van der Waals surface area contributed by atoms with Gasteiger partial charge in [0.25, 0.3) is 0 Å². The topological polar surface area (TPSA) is 29.3 Å². The molecule has 0 aromatic heterocycles. The van der Waals surface area contributed by atoms with E-state index < -0.39 is 0 Å². The third kappa shape index (κ3) is 2.67. The number of rotatable bonds is 7. The highest BCUT2D eigenvalue weighted by Crippen LogP contribution is 2.51. The number of hydrogen-bond donors (Lipinski definition) is 1. The van der Waals surface area contributed by atoms with E-state index in [2.05, 4.69) is 41.2 Å². The monoisotopic (exact) mass is 226 g/mol. The van der Waals surface area contributed by atoms with Gasteiger partial charge in [0.05, 0.1) is 0 Å². The summed E-state index contributed by atoms with van der Waals surface area (Å²) in [6.45, 7) is 16.4. The molecule has 0 saturated carbocycles. The Bertz CT molecular complexity index is 229. The first-order valence-electron chi connectivity index (χ1n) is 6.41. The van der Waals surface area contributed by atoms with Gasteiger partial charge in [0, 0.05) is 13.6 Å². The Morgan fingerprint density at radius 3 is 1.81 bits per heavy atom. The molecule has 0 aliphatic heterocycles. The zero-order chi connectivity index (χ0) is 13.0. The van der Waals surface area contributed by atoms with E-state index in [0.29, 0.717) is 0 Å². The summed E-state index contributed by atoms with van der Waals surface area (Å²) in [5.74, 6) is 5.88. The van der Waals surface area contributed by atoms with E-state index in [1.165, 1.54) is 5.57 Å². The molecule has 0 spiro atoms. The van der Waals surface area contributed by atoms with Crippen molar-refractivity contribution >= 4 is 0 Å². The van der Waals surface area contributed by atoms with Gasteiger partial charge in [0.2, 0.25) is 0 Å². The van der Waals surface area contributed by atoms with Gasteiger partial charge in [-0.3, -0.25) is 5.84 Å². The Hall–Kier alpha value is -0.340. The van der Waals surface area contributed by atoms with Crippen LogP contribution in [0.5, 0.6) is 0 Å². The van der Waals surface area contributed by atoms with Crippen LogP contribution in [0.15, 0.2) is 12.2 Å². The Labute approximate surface area is 102 Å². The largest absolute Gasteiger partial charge is 0.269 e. The Balaban J connectivity index is 5.36. The van der Waals surface area contributed by atoms with Gasteiger partial charge in [0.15, 0.2) is 0 Å². The standard InChI is InChI=1S/C14H30N2/c1-8-13(6,12(4)5)14(9-2,10-3)11-16(7)15/h4,8-11,15H2,1-3,5-7H3. The predicted octanol–water partition coefficient (Wildman–Crippen LogP) is 3.59. The molecule has 2 nitrogen and oxygen atoms in total. The molecule has 0 aliphatic carbocycles. The van der Waals surface area contributed by atoms with E-state index in [0.717, 1.165) is 25.8 Å². The third-order valence-electron chi connectivity index (χ3n) is 4.73. The van der Waals surface area contributed by atoms with Crippen LogP contribution >= 0.6 is 0 Å². The van der Waals surface area contributed by atoms with Crippen molar-refractivity contribution in [1.82, 2.24) is 5.01 Å². The van der Waals surface area contributed by atoms with Crippen LogP contribution in [0.1, 0.15) is 53.9 Å². The summed E-state index contributed by atoms with van der Waals surface area (Å²) in [7, 11) is 1.95. The SMILES string of the molecule is C=C(C)C(C)(CC)C(CC)(CC)CN(C)N. The molecule has 0 saturated heterocycles. The lowest BCUT2D eigenvalue weighted by molar-refractivity contribution is 0.0321. The fraction of sp³-hybridized carbons (Fsp3) is 0.857. The first kappa shape index (κ1) is 15.7. The summed E-state index contributed by atoms with van der Waals surface area (Å²) in [6, 6.07) is 0. The molecule has 0 amide bonds. The van der Waals surface area contributed by atoms with E-state index in [1.54, 1.807) is 0 Å². The average molecular weight is 226 g/mol. The van der Waals surface area contributed by atoms with Crippen molar-refractivity contribution in [3.05, 3.63) is 12.2 Å². The molecule has 0 fully saturated rings. The van der Waals surface area contributed by atoms with Gasteiger partial charge in [-0.2, -0.15) is 0 Å². The average Bonchev–Trinajstić information content (AvgIpc) is 2.24. The van der Waals surface area contributed by atoms with Crippen molar-refractivity contribution in [1.29, 1.82) is 0 Å². The van der Waals surface area contributed by atoms with Crippen LogP contribution in [-0.2, 0) is 0 Å². The van der Waals surface area contributed by atoms with Crippen molar-refractivity contribution in [2.45, 2.75) is 53.9 Å². The fourth-order valence-electron chi connectivity index (χ4n) is 3.04. The smallest absolute Gasteiger partial charge is 0.0190 e. The van der Waals surface area contributed by atoms with Crippen molar-refractivity contribution in [2.24, 2.45) is 16.7 Å². The van der Waals surface area contributed by atoms with Crippen LogP contribution in [0, 0.1) is 10.8 Å². The summed E-state index contributed by atoms with van der Waals surface area (Å²) in [4.78, 5) is 0. The Morgan fingerprint density at radius 2 is 1.62 bits per heavy atom. The molecule has 96 valence electrons. The zero-order valence-electron chi connectivity index (χ0n) is 12.1. The van der Waals surface area contributed by atoms with Gasteiger partial charge in [0.1, 0.15) is 0 Å². The molecular formula is C14H30N2. The quantitative estimate of drug-likeness (QED) is 0.408. The van der Waals surface area contributed by atoms with E-state index in [4.69, 9.17) is 5.84 Å². The minimum absolute atomic E-state index is 0.171. The molecule has 0 bridgehead atoms. The second kappa shape index (κ2) is 5.83. The Kier molecular flexibility index (Phi) is 5.71. The molecule has 16 heavy (non-hydrogen) atoms. The van der Waals surface area contributed by atoms with Crippen LogP contribution in [0.3, 0.4) is 0 Å². The molecule has 1 atom stereocenters. The number of allylic oxidation sites excluding steroid dienone is 1. The Morgan fingerprint density at radius 1 is 1.19 bits per heavy atom. The van der Waals surface area contributed by atoms with Gasteiger partial charge in [-0.1, -0.05) is 39.8 Å². The lowest BCUT2D eigenvalue weighted by atomic mass is 9.57. The van der Waals surface area contributed by atoms with Crippen LogP contribution < -0.4 is 5.84 Å². The summed E-state index contributed by atoms with van der Waals surface area (Å²) in [5.41, 5.74) is 1.68. The number of hydrazine groups is 1. The van der Waals surface area contributed by atoms with E-state index >= 15 is 0 Å². The number of nitrogens with two attached hydrogens (primary N) is 1. The zero-order valence-corrected chi connectivity index (χ0v) is 12.1. The summed E-state index contributed by atoms with van der Waals surface area (Å²) in [6.07, 6.45) is 3.41. The molecule has 0 heterocycles. The maximum absolute atomic E-state index is 5.88. The van der Waals surface area contributed by atoms with E-state index in [9.17, 15) is 0 Å². The third-order valence-corrected chi connectivity index (χ3v) is 4.73. The summed E-state index contributed by atoms with van der Waals surface area (Å²) >= 11 is 0. The molecule has 0 rings (SSSR count). The van der Waals surface area contributed by atoms with Crippen LogP contribution in [-0.4, -0.2) is 18.6 Å². The van der Waals surface area contributed by atoms with Crippen molar-refractivity contribution < 1.29 is 0 Å². The second-order valence-electron chi connectivity index (χ2n) is 5.37. The predicted molar refractivity (Wildman–Crippen MR) is 73.0 cm³/mol. The molecule has 0 aromatic rings. The second-order valence-corrected chi connectivity index (χ2v) is 5.37. The molecule has 2 heteroatoms. The summed E-state index contributed by atoms with van der Waals surface area (Å²) < 4.78 is 0. The molecule has 2 N–H and O–H groups in total. The lowest BCUT2D eigenvalue weighted by Crippen LogP contribution is -2.49. The first-order chi connectivity index (χ1) is 7.29. The summed E-state index contributed by atoms with van der Waals surface area (Å²) in [5, 5.41) is 1.82. The normalized spacial score (nSPS) is 16.2. The van der Waals surface area contributed by atoms with E-state index in [1.807, 2.05) is 12.1 Å². The minimum atomic E-state index is 0.171. The van der Waals surface area contributed by atoms with Crippen LogP contribution in [0.2, 0.25) is 0 Å². The molecule has 1 unspecified atom stereocenters. The van der Waals surface area contributed by atoms with Gasteiger partial charge in [-0.15, -0.1) is 0 Å².